The number of methoxy groups -OCH3 is 2. The van der Waals surface area contributed by atoms with Gasteiger partial charge in [0.2, 0.25) is 0 Å². The van der Waals surface area contributed by atoms with Crippen molar-refractivity contribution in [1.29, 1.82) is 0 Å². The molecule has 0 heterocycles. The largest absolute Gasteiger partial charge is 0.507 e. The molecular formula is C26H31O3P. The van der Waals surface area contributed by atoms with E-state index in [1.54, 1.807) is 20.3 Å². The summed E-state index contributed by atoms with van der Waals surface area (Å²) in [4.78, 5) is 0. The molecule has 0 saturated carbocycles. The van der Waals surface area contributed by atoms with Crippen LogP contribution in [0.15, 0.2) is 54.6 Å². The summed E-state index contributed by atoms with van der Waals surface area (Å²) in [6, 6.07) is 18.2. The van der Waals surface area contributed by atoms with Gasteiger partial charge in [0, 0.05) is 5.56 Å². The molecule has 0 aliphatic heterocycles. The van der Waals surface area contributed by atoms with Gasteiger partial charge >= 0.3 is 0 Å². The second kappa shape index (κ2) is 9.53. The van der Waals surface area contributed by atoms with Crippen LogP contribution in [0.5, 0.6) is 17.2 Å². The van der Waals surface area contributed by atoms with Crippen molar-refractivity contribution in [2.45, 2.75) is 39.5 Å². The lowest BCUT2D eigenvalue weighted by Gasteiger charge is -2.21. The first kappa shape index (κ1) is 22.2. The highest BCUT2D eigenvalue weighted by molar-refractivity contribution is 7.56. The predicted molar refractivity (Wildman–Crippen MR) is 129 cm³/mol. The van der Waals surface area contributed by atoms with E-state index >= 15 is 0 Å². The Kier molecular flexibility index (Phi) is 7.05. The van der Waals surface area contributed by atoms with Gasteiger partial charge in [-0.3, -0.25) is 0 Å². The predicted octanol–water partition coefficient (Wildman–Crippen LogP) is 5.95. The Morgan fingerprint density at radius 2 is 1.30 bits per heavy atom. The van der Waals surface area contributed by atoms with E-state index in [0.29, 0.717) is 26.2 Å². The van der Waals surface area contributed by atoms with Gasteiger partial charge in [-0.05, 0) is 58.1 Å². The molecule has 1 N–H and O–H groups in total. The minimum absolute atomic E-state index is 0.311. The van der Waals surface area contributed by atoms with Crippen LogP contribution in [0.1, 0.15) is 50.7 Å². The molecule has 158 valence electrons. The summed E-state index contributed by atoms with van der Waals surface area (Å²) in [5, 5.41) is 13.0. The van der Waals surface area contributed by atoms with Gasteiger partial charge in [-0.25, -0.2) is 0 Å². The van der Waals surface area contributed by atoms with Crippen molar-refractivity contribution in [3.8, 4) is 28.4 Å². The van der Waals surface area contributed by atoms with Crippen molar-refractivity contribution >= 4 is 19.2 Å². The van der Waals surface area contributed by atoms with Crippen molar-refractivity contribution in [1.82, 2.24) is 0 Å². The van der Waals surface area contributed by atoms with Crippen molar-refractivity contribution in [3.63, 3.8) is 0 Å². The van der Waals surface area contributed by atoms with Crippen LogP contribution < -0.4 is 20.1 Å². The highest BCUT2D eigenvalue weighted by Gasteiger charge is 2.19. The Hall–Kier alpha value is -2.51. The summed E-state index contributed by atoms with van der Waals surface area (Å²) >= 11 is 0. The second-order valence-corrected chi connectivity index (χ2v) is 9.34. The Morgan fingerprint density at radius 3 is 1.80 bits per heavy atom. The topological polar surface area (TPSA) is 38.7 Å². The molecule has 3 aromatic carbocycles. The van der Waals surface area contributed by atoms with Crippen molar-refractivity contribution in [2.75, 3.05) is 14.2 Å². The van der Waals surface area contributed by atoms with Gasteiger partial charge in [-0.2, -0.15) is 0 Å². The summed E-state index contributed by atoms with van der Waals surface area (Å²) in [7, 11) is 3.71. The summed E-state index contributed by atoms with van der Waals surface area (Å²) in [5.74, 6) is 2.66. The van der Waals surface area contributed by atoms with Crippen LogP contribution in [-0.4, -0.2) is 19.3 Å². The van der Waals surface area contributed by atoms with Gasteiger partial charge < -0.3 is 14.6 Å². The van der Waals surface area contributed by atoms with E-state index in [4.69, 9.17) is 9.47 Å². The van der Waals surface area contributed by atoms with E-state index < -0.39 is 0 Å². The third-order valence-electron chi connectivity index (χ3n) is 5.34. The maximum atomic E-state index is 10.8. The molecule has 0 spiro atoms. The number of benzene rings is 3. The van der Waals surface area contributed by atoms with E-state index in [9.17, 15) is 5.11 Å². The normalized spacial score (nSPS) is 11.6. The lowest BCUT2D eigenvalue weighted by atomic mass is 9.85. The van der Waals surface area contributed by atoms with E-state index in [-0.39, 0.29) is 0 Å². The number of aromatic hydroxyl groups is 1. The third kappa shape index (κ3) is 4.47. The molecule has 3 aromatic rings. The van der Waals surface area contributed by atoms with E-state index in [0.717, 1.165) is 33.2 Å². The summed E-state index contributed by atoms with van der Waals surface area (Å²) < 4.78 is 11.2. The van der Waals surface area contributed by atoms with Crippen molar-refractivity contribution in [2.24, 2.45) is 0 Å². The minimum atomic E-state index is 0.311. The fourth-order valence-electron chi connectivity index (χ4n) is 3.79. The van der Waals surface area contributed by atoms with Crippen LogP contribution in [0, 0.1) is 0 Å². The first-order valence-electron chi connectivity index (χ1n) is 10.3. The number of hydrogen-bond donors (Lipinski definition) is 1. The number of rotatable bonds is 7. The van der Waals surface area contributed by atoms with Gasteiger partial charge in [0.25, 0.3) is 0 Å². The highest BCUT2D eigenvalue weighted by Crippen LogP contribution is 2.40. The summed E-state index contributed by atoms with van der Waals surface area (Å²) in [6.45, 7) is 8.80. The molecule has 3 rings (SSSR count). The molecule has 0 saturated heterocycles. The minimum Gasteiger partial charge on any atom is -0.507 e. The lowest BCUT2D eigenvalue weighted by Crippen LogP contribution is -2.10. The lowest BCUT2D eigenvalue weighted by molar-refractivity contribution is 0.401. The molecule has 1 unspecified atom stereocenters. The Morgan fingerprint density at radius 1 is 0.767 bits per heavy atom. The standard InChI is InChI=1S/C26H31O3P/c1-16(2)19-9-7-10-20(17(3)4)25(19)21-15-18(13-14-22(21)27)30-26-23(28-5)11-8-12-24(26)29-6/h7-17,27,30H,1-6H3. The molecule has 0 fully saturated rings. The average molecular weight is 423 g/mol. The molecule has 0 aliphatic carbocycles. The first-order chi connectivity index (χ1) is 14.4. The first-order valence-corrected chi connectivity index (χ1v) is 11.3. The average Bonchev–Trinajstić information content (AvgIpc) is 2.74. The third-order valence-corrected chi connectivity index (χ3v) is 6.68. The maximum absolute atomic E-state index is 10.8. The molecule has 0 aliphatic rings. The molecule has 1 atom stereocenters. The highest BCUT2D eigenvalue weighted by atomic mass is 31.1. The zero-order chi connectivity index (χ0) is 21.8. The summed E-state index contributed by atoms with van der Waals surface area (Å²) in [6.07, 6.45) is 0. The number of ether oxygens (including phenoxy) is 2. The Bertz CT molecular complexity index is 976. The van der Waals surface area contributed by atoms with Gasteiger partial charge in [0.15, 0.2) is 0 Å². The zero-order valence-electron chi connectivity index (χ0n) is 18.6. The van der Waals surface area contributed by atoms with E-state index in [2.05, 4.69) is 52.0 Å². The van der Waals surface area contributed by atoms with Gasteiger partial charge in [-0.15, -0.1) is 0 Å². The number of phenolic OH excluding ortho intramolecular Hbond substituents is 1. The molecule has 0 aromatic heterocycles. The van der Waals surface area contributed by atoms with Crippen LogP contribution in [0.3, 0.4) is 0 Å². The van der Waals surface area contributed by atoms with Crippen molar-refractivity contribution in [3.05, 3.63) is 65.7 Å². The quantitative estimate of drug-likeness (QED) is 0.478. The summed E-state index contributed by atoms with van der Waals surface area (Å²) in [5.41, 5.74) is 4.55. The van der Waals surface area contributed by atoms with Gasteiger partial charge in [0.05, 0.1) is 19.5 Å². The smallest absolute Gasteiger partial charge is 0.130 e. The fourth-order valence-corrected chi connectivity index (χ4v) is 5.08. The van der Waals surface area contributed by atoms with E-state index in [1.807, 2.05) is 24.3 Å². The number of phenols is 1. The fraction of sp³-hybridized carbons (Fsp3) is 0.308. The second-order valence-electron chi connectivity index (χ2n) is 8.02. The van der Waals surface area contributed by atoms with Crippen LogP contribution in [-0.2, 0) is 0 Å². The molecular weight excluding hydrogens is 391 g/mol. The Balaban J connectivity index is 2.16. The maximum Gasteiger partial charge on any atom is 0.130 e. The SMILES string of the molecule is COc1cccc(OC)c1Pc1ccc(O)c(-c2c(C(C)C)cccc2C(C)C)c1. The van der Waals surface area contributed by atoms with Crippen LogP contribution >= 0.6 is 8.58 Å². The van der Waals surface area contributed by atoms with Crippen LogP contribution in [0.25, 0.3) is 11.1 Å². The molecule has 0 radical (unpaired) electrons. The number of hydrogen-bond acceptors (Lipinski definition) is 3. The molecule has 3 nitrogen and oxygen atoms in total. The van der Waals surface area contributed by atoms with E-state index in [1.165, 1.54) is 11.1 Å². The molecule has 0 amide bonds. The zero-order valence-corrected chi connectivity index (χ0v) is 19.6. The van der Waals surface area contributed by atoms with Crippen molar-refractivity contribution < 1.29 is 14.6 Å². The molecule has 4 heteroatoms. The molecule has 0 bridgehead atoms. The van der Waals surface area contributed by atoms with Gasteiger partial charge in [-0.1, -0.05) is 66.6 Å². The Labute approximate surface area is 181 Å². The van der Waals surface area contributed by atoms with Gasteiger partial charge in [0.1, 0.15) is 17.2 Å². The van der Waals surface area contributed by atoms with Crippen LogP contribution in [0.2, 0.25) is 0 Å². The molecule has 30 heavy (non-hydrogen) atoms. The monoisotopic (exact) mass is 422 g/mol. The van der Waals surface area contributed by atoms with Crippen LogP contribution in [0.4, 0.5) is 0 Å².